The Bertz CT molecular complexity index is 1230. The van der Waals surface area contributed by atoms with Gasteiger partial charge in [-0.1, -0.05) is 74.3 Å². The Morgan fingerprint density at radius 1 is 0.900 bits per heavy atom. The molecule has 1 heterocycles. The van der Waals surface area contributed by atoms with Crippen molar-refractivity contribution in [3.05, 3.63) is 92.9 Å². The molecule has 3 aromatic carbocycles. The number of aromatic nitrogens is 1. The highest BCUT2D eigenvalue weighted by atomic mass is 79.9. The molecule has 1 N–H and O–H groups in total. The van der Waals surface area contributed by atoms with Crippen molar-refractivity contribution in [1.29, 1.82) is 0 Å². The number of carbonyl (C=O) groups excluding carboxylic acids is 1. The number of amides is 1. The molecule has 4 rings (SSSR count). The summed E-state index contributed by atoms with van der Waals surface area (Å²) in [6, 6.07) is 23.0. The van der Waals surface area contributed by atoms with Crippen molar-refractivity contribution in [3.8, 4) is 5.88 Å². The summed E-state index contributed by atoms with van der Waals surface area (Å²) in [6.45, 7) is 0.479. The lowest BCUT2D eigenvalue weighted by Crippen LogP contribution is -1.98. The topological polar surface area (TPSA) is 66.9 Å². The average molecular weight is 527 g/mol. The number of carbonyl (C=O) groups is 1. The molecular weight excluding hydrogens is 510 g/mol. The van der Waals surface area contributed by atoms with E-state index in [0.29, 0.717) is 6.54 Å². The molecule has 4 aromatic rings. The van der Waals surface area contributed by atoms with Gasteiger partial charge >= 0.3 is 0 Å². The van der Waals surface area contributed by atoms with E-state index in [1.165, 1.54) is 0 Å². The maximum atomic E-state index is 12.3. The van der Waals surface area contributed by atoms with E-state index in [1.54, 1.807) is 4.57 Å². The van der Waals surface area contributed by atoms with Gasteiger partial charge < -0.3 is 9.67 Å². The summed E-state index contributed by atoms with van der Waals surface area (Å²) in [5.41, 5.74) is 2.99. The highest BCUT2D eigenvalue weighted by Crippen LogP contribution is 2.40. The molecule has 5 nitrogen and oxygen atoms in total. The largest absolute Gasteiger partial charge is 0.493 e. The molecule has 0 aliphatic heterocycles. The second-order valence-electron chi connectivity index (χ2n) is 6.80. The number of aromatic hydroxyl groups is 1. The molecule has 0 fully saturated rings. The maximum absolute atomic E-state index is 12.3. The van der Waals surface area contributed by atoms with E-state index in [2.05, 4.69) is 42.1 Å². The third-order valence-electron chi connectivity index (χ3n) is 4.69. The van der Waals surface area contributed by atoms with Gasteiger partial charge in [-0.05, 0) is 41.5 Å². The Balaban J connectivity index is 1.66. The predicted molar refractivity (Wildman–Crippen MR) is 124 cm³/mol. The molecule has 0 saturated carbocycles. The van der Waals surface area contributed by atoms with E-state index in [-0.39, 0.29) is 23.9 Å². The predicted octanol–water partition coefficient (Wildman–Crippen LogP) is 6.77. The lowest BCUT2D eigenvalue weighted by molar-refractivity contribution is -0.117. The second kappa shape index (κ2) is 8.93. The summed E-state index contributed by atoms with van der Waals surface area (Å²) in [4.78, 5) is 12.3. The molecule has 0 atom stereocenters. The minimum absolute atomic E-state index is 0.0212. The molecule has 7 heteroatoms. The van der Waals surface area contributed by atoms with Crippen molar-refractivity contribution in [3.63, 3.8) is 0 Å². The summed E-state index contributed by atoms with van der Waals surface area (Å²) in [6.07, 6.45) is 0.143. The fourth-order valence-electron chi connectivity index (χ4n) is 3.24. The SMILES string of the molecule is O=C(Cc1ccc(Br)cc1)N=Nc1c(O)n(Cc2ccccc2)c2ccc(Br)cc12. The number of halogens is 2. The smallest absolute Gasteiger partial charge is 0.269 e. The summed E-state index contributed by atoms with van der Waals surface area (Å²) < 4.78 is 3.57. The van der Waals surface area contributed by atoms with Crippen LogP contribution < -0.4 is 0 Å². The van der Waals surface area contributed by atoms with Crippen LogP contribution in [0.4, 0.5) is 5.69 Å². The molecule has 0 spiro atoms. The van der Waals surface area contributed by atoms with Gasteiger partial charge in [-0.3, -0.25) is 4.79 Å². The molecule has 150 valence electrons. The monoisotopic (exact) mass is 525 g/mol. The molecular formula is C23H17Br2N3O2. The lowest BCUT2D eigenvalue weighted by Gasteiger charge is -2.07. The van der Waals surface area contributed by atoms with E-state index in [1.807, 2.05) is 72.8 Å². The van der Waals surface area contributed by atoms with Gasteiger partial charge in [0.05, 0.1) is 18.5 Å². The van der Waals surface area contributed by atoms with Crippen molar-refractivity contribution in [2.24, 2.45) is 10.2 Å². The fraction of sp³-hybridized carbons (Fsp3) is 0.0870. The standard InChI is InChI=1S/C23H17Br2N3O2/c24-17-8-6-15(7-9-17)12-21(29)26-27-22-19-13-18(25)10-11-20(19)28(23(22)30)14-16-4-2-1-3-5-16/h1-11,13,30H,12,14H2. The molecule has 1 aromatic heterocycles. The molecule has 0 aliphatic carbocycles. The molecule has 0 aliphatic rings. The van der Waals surface area contributed by atoms with E-state index in [9.17, 15) is 9.90 Å². The number of rotatable bonds is 5. The molecule has 0 bridgehead atoms. The Morgan fingerprint density at radius 2 is 1.60 bits per heavy atom. The second-order valence-corrected chi connectivity index (χ2v) is 8.63. The third-order valence-corrected chi connectivity index (χ3v) is 5.71. The van der Waals surface area contributed by atoms with Crippen molar-refractivity contribution < 1.29 is 9.90 Å². The van der Waals surface area contributed by atoms with Crippen LogP contribution in [0.25, 0.3) is 10.9 Å². The first-order valence-corrected chi connectivity index (χ1v) is 10.8. The third kappa shape index (κ3) is 4.52. The van der Waals surface area contributed by atoms with E-state index in [0.717, 1.165) is 31.0 Å². The van der Waals surface area contributed by atoms with Crippen LogP contribution >= 0.6 is 31.9 Å². The zero-order chi connectivity index (χ0) is 21.1. The summed E-state index contributed by atoms with van der Waals surface area (Å²) in [5.74, 6) is -0.400. The Kier molecular flexibility index (Phi) is 6.11. The van der Waals surface area contributed by atoms with Gasteiger partial charge in [0.25, 0.3) is 5.91 Å². The van der Waals surface area contributed by atoms with Crippen LogP contribution in [0.2, 0.25) is 0 Å². The van der Waals surface area contributed by atoms with Crippen LogP contribution in [0.15, 0.2) is 92.0 Å². The van der Waals surface area contributed by atoms with Gasteiger partial charge in [-0.25, -0.2) is 0 Å². The molecule has 30 heavy (non-hydrogen) atoms. The van der Waals surface area contributed by atoms with Crippen molar-refractivity contribution in [2.45, 2.75) is 13.0 Å². The first-order valence-electron chi connectivity index (χ1n) is 9.25. The minimum atomic E-state index is -0.379. The first-order chi connectivity index (χ1) is 14.5. The van der Waals surface area contributed by atoms with Gasteiger partial charge in [0.2, 0.25) is 5.88 Å². The number of hydrogen-bond acceptors (Lipinski definition) is 3. The van der Waals surface area contributed by atoms with E-state index in [4.69, 9.17) is 0 Å². The average Bonchev–Trinajstić information content (AvgIpc) is 2.99. The van der Waals surface area contributed by atoms with E-state index < -0.39 is 0 Å². The zero-order valence-corrected chi connectivity index (χ0v) is 19.0. The lowest BCUT2D eigenvalue weighted by atomic mass is 10.1. The highest BCUT2D eigenvalue weighted by Gasteiger charge is 2.18. The van der Waals surface area contributed by atoms with Crippen LogP contribution in [-0.4, -0.2) is 15.6 Å². The molecule has 0 unspecified atom stereocenters. The van der Waals surface area contributed by atoms with Gasteiger partial charge in [-0.2, -0.15) is 0 Å². The van der Waals surface area contributed by atoms with E-state index >= 15 is 0 Å². The molecule has 1 amide bonds. The Hall–Kier alpha value is -2.77. The van der Waals surface area contributed by atoms with Crippen LogP contribution in [-0.2, 0) is 17.8 Å². The number of azo groups is 1. The van der Waals surface area contributed by atoms with Crippen LogP contribution in [0.3, 0.4) is 0 Å². The minimum Gasteiger partial charge on any atom is -0.493 e. The Labute approximate surface area is 190 Å². The van der Waals surface area contributed by atoms with Gasteiger partial charge in [-0.15, -0.1) is 10.2 Å². The highest BCUT2D eigenvalue weighted by molar-refractivity contribution is 9.10. The summed E-state index contributed by atoms with van der Waals surface area (Å²) >= 11 is 6.84. The normalized spacial score (nSPS) is 11.4. The van der Waals surface area contributed by atoms with Gasteiger partial charge in [0, 0.05) is 14.3 Å². The maximum Gasteiger partial charge on any atom is 0.269 e. The van der Waals surface area contributed by atoms with Crippen molar-refractivity contribution in [2.75, 3.05) is 0 Å². The summed E-state index contributed by atoms with van der Waals surface area (Å²) in [5, 5.41) is 19.6. The zero-order valence-electron chi connectivity index (χ0n) is 15.8. The number of hydrogen-bond donors (Lipinski definition) is 1. The number of fused-ring (bicyclic) bond motifs is 1. The van der Waals surface area contributed by atoms with Gasteiger partial charge in [0.15, 0.2) is 5.69 Å². The number of benzene rings is 3. The van der Waals surface area contributed by atoms with Crippen molar-refractivity contribution >= 4 is 54.4 Å². The van der Waals surface area contributed by atoms with Crippen LogP contribution in [0, 0.1) is 0 Å². The summed E-state index contributed by atoms with van der Waals surface area (Å²) in [7, 11) is 0. The first kappa shape index (κ1) is 20.5. The van der Waals surface area contributed by atoms with Crippen LogP contribution in [0.1, 0.15) is 11.1 Å². The Morgan fingerprint density at radius 3 is 2.33 bits per heavy atom. The quantitative estimate of drug-likeness (QED) is 0.291. The van der Waals surface area contributed by atoms with Gasteiger partial charge in [0.1, 0.15) is 0 Å². The number of nitrogens with zero attached hydrogens (tertiary/aromatic N) is 3. The van der Waals surface area contributed by atoms with Crippen LogP contribution in [0.5, 0.6) is 5.88 Å². The molecule has 0 saturated heterocycles. The fourth-order valence-corrected chi connectivity index (χ4v) is 3.86. The van der Waals surface area contributed by atoms with Crippen molar-refractivity contribution in [1.82, 2.24) is 4.57 Å². The molecule has 0 radical (unpaired) electrons.